The first-order valence-corrected chi connectivity index (χ1v) is 5.85. The van der Waals surface area contributed by atoms with E-state index < -0.39 is 30.6 Å². The van der Waals surface area contributed by atoms with Crippen LogP contribution in [0.5, 0.6) is 0 Å². The van der Waals surface area contributed by atoms with Gasteiger partial charge in [-0.3, -0.25) is 0 Å². The Hall–Kier alpha value is -1.43. The quantitative estimate of drug-likeness (QED) is 0.758. The van der Waals surface area contributed by atoms with Crippen LogP contribution < -0.4 is 0 Å². The number of hydrogen-bond acceptors (Lipinski definition) is 5. The molecule has 0 spiro atoms. The summed E-state index contributed by atoms with van der Waals surface area (Å²) in [5.41, 5.74) is 0.415. The Labute approximate surface area is 105 Å². The molecule has 1 fully saturated rings. The Morgan fingerprint density at radius 1 is 1.33 bits per heavy atom. The van der Waals surface area contributed by atoms with Gasteiger partial charge >= 0.3 is 5.97 Å². The molecule has 4 atom stereocenters. The molecule has 1 aromatic carbocycles. The number of aliphatic hydroxyl groups is 2. The fourth-order valence-corrected chi connectivity index (χ4v) is 1.92. The maximum atomic E-state index is 11.8. The van der Waals surface area contributed by atoms with E-state index in [4.69, 9.17) is 9.47 Å². The molecule has 2 N–H and O–H groups in total. The van der Waals surface area contributed by atoms with Gasteiger partial charge in [-0.05, 0) is 19.1 Å². The summed E-state index contributed by atoms with van der Waals surface area (Å²) in [7, 11) is 0. The minimum absolute atomic E-state index is 0.0735. The zero-order chi connectivity index (χ0) is 13.1. The summed E-state index contributed by atoms with van der Waals surface area (Å²) < 4.78 is 10.2. The lowest BCUT2D eigenvalue weighted by Gasteiger charge is -2.35. The highest BCUT2D eigenvalue weighted by Gasteiger charge is 2.37. The molecule has 5 heteroatoms. The van der Waals surface area contributed by atoms with E-state index in [2.05, 4.69) is 0 Å². The Morgan fingerprint density at radius 3 is 2.67 bits per heavy atom. The van der Waals surface area contributed by atoms with Crippen LogP contribution in [0.4, 0.5) is 0 Å². The fourth-order valence-electron chi connectivity index (χ4n) is 1.92. The average molecular weight is 252 g/mol. The third-order valence-electron chi connectivity index (χ3n) is 2.94. The summed E-state index contributed by atoms with van der Waals surface area (Å²) in [5.74, 6) is -0.513. The van der Waals surface area contributed by atoms with Gasteiger partial charge in [0.1, 0.15) is 12.2 Å². The number of aliphatic hydroxyl groups excluding tert-OH is 2. The predicted octanol–water partition coefficient (Wildman–Crippen LogP) is 0.700. The van der Waals surface area contributed by atoms with Crippen LogP contribution in [0.2, 0.25) is 0 Å². The van der Waals surface area contributed by atoms with E-state index >= 15 is 0 Å². The second-order valence-corrected chi connectivity index (χ2v) is 4.33. The average Bonchev–Trinajstić information content (AvgIpc) is 2.36. The van der Waals surface area contributed by atoms with Crippen LogP contribution in [-0.4, -0.2) is 40.8 Å². The Balaban J connectivity index is 2.02. The molecule has 0 saturated carbocycles. The second-order valence-electron chi connectivity index (χ2n) is 4.33. The van der Waals surface area contributed by atoms with E-state index in [1.165, 1.54) is 0 Å². The summed E-state index contributed by atoms with van der Waals surface area (Å²) in [5, 5.41) is 19.3. The van der Waals surface area contributed by atoms with E-state index in [9.17, 15) is 15.0 Å². The molecule has 1 aromatic rings. The summed E-state index contributed by atoms with van der Waals surface area (Å²) in [6.07, 6.45) is -3.19. The standard InChI is InChI=1S/C13H16O5/c1-8-12(15)10(7-11(14)17-8)18-13(16)9-5-3-2-4-6-9/h2-6,8,10-12,14-15H,7H2,1H3/t8-,10-,11-,12+/m1/s1. The monoisotopic (exact) mass is 252 g/mol. The molecular formula is C13H16O5. The number of rotatable bonds is 2. The van der Waals surface area contributed by atoms with Gasteiger partial charge in [0.15, 0.2) is 6.29 Å². The maximum Gasteiger partial charge on any atom is 0.338 e. The van der Waals surface area contributed by atoms with Crippen molar-refractivity contribution in [3.05, 3.63) is 35.9 Å². The van der Waals surface area contributed by atoms with Crippen LogP contribution in [0.15, 0.2) is 30.3 Å². The molecule has 1 aliphatic rings. The van der Waals surface area contributed by atoms with Crippen molar-refractivity contribution in [2.24, 2.45) is 0 Å². The van der Waals surface area contributed by atoms with Crippen LogP contribution >= 0.6 is 0 Å². The van der Waals surface area contributed by atoms with E-state index in [0.717, 1.165) is 0 Å². The van der Waals surface area contributed by atoms with Crippen LogP contribution in [-0.2, 0) is 9.47 Å². The van der Waals surface area contributed by atoms with Crippen LogP contribution in [0.25, 0.3) is 0 Å². The third-order valence-corrected chi connectivity index (χ3v) is 2.94. The first kappa shape index (κ1) is 13.0. The van der Waals surface area contributed by atoms with Crippen LogP contribution in [0.1, 0.15) is 23.7 Å². The van der Waals surface area contributed by atoms with Gasteiger partial charge < -0.3 is 19.7 Å². The van der Waals surface area contributed by atoms with Crippen LogP contribution in [0.3, 0.4) is 0 Å². The van der Waals surface area contributed by atoms with Gasteiger partial charge in [-0.2, -0.15) is 0 Å². The topological polar surface area (TPSA) is 76.0 Å². The number of hydrogen-bond donors (Lipinski definition) is 2. The zero-order valence-corrected chi connectivity index (χ0v) is 10.0. The molecule has 0 bridgehead atoms. The predicted molar refractivity (Wildman–Crippen MR) is 62.8 cm³/mol. The fraction of sp³-hybridized carbons (Fsp3) is 0.462. The lowest BCUT2D eigenvalue weighted by Crippen LogP contribution is -2.48. The third kappa shape index (κ3) is 2.87. The zero-order valence-electron chi connectivity index (χ0n) is 10.0. The van der Waals surface area contributed by atoms with Crippen molar-refractivity contribution in [3.63, 3.8) is 0 Å². The molecule has 5 nitrogen and oxygen atoms in total. The molecule has 18 heavy (non-hydrogen) atoms. The molecule has 0 radical (unpaired) electrons. The normalized spacial score (nSPS) is 31.9. The number of carbonyl (C=O) groups excluding carboxylic acids is 1. The largest absolute Gasteiger partial charge is 0.456 e. The van der Waals surface area contributed by atoms with Gasteiger partial charge in [0.05, 0.1) is 11.7 Å². The van der Waals surface area contributed by atoms with Crippen molar-refractivity contribution in [3.8, 4) is 0 Å². The molecule has 1 saturated heterocycles. The highest BCUT2D eigenvalue weighted by atomic mass is 16.6. The van der Waals surface area contributed by atoms with Crippen molar-refractivity contribution < 1.29 is 24.5 Å². The highest BCUT2D eigenvalue weighted by molar-refractivity contribution is 5.89. The lowest BCUT2D eigenvalue weighted by molar-refractivity contribution is -0.226. The maximum absolute atomic E-state index is 11.8. The van der Waals surface area contributed by atoms with E-state index in [0.29, 0.717) is 5.56 Å². The molecule has 98 valence electrons. The van der Waals surface area contributed by atoms with Gasteiger partial charge in [0.2, 0.25) is 0 Å². The molecule has 1 heterocycles. The van der Waals surface area contributed by atoms with E-state index in [1.807, 2.05) is 0 Å². The molecule has 0 aromatic heterocycles. The highest BCUT2D eigenvalue weighted by Crippen LogP contribution is 2.22. The SMILES string of the molecule is C[C@H]1O[C@@H](O)C[C@@H](OC(=O)c2ccccc2)[C@H]1O. The summed E-state index contributed by atoms with van der Waals surface area (Å²) in [6.45, 7) is 1.62. The van der Waals surface area contributed by atoms with Gasteiger partial charge in [0.25, 0.3) is 0 Å². The number of esters is 1. The molecule has 0 amide bonds. The summed E-state index contributed by atoms with van der Waals surface area (Å²) in [4.78, 5) is 11.8. The minimum atomic E-state index is -1.02. The summed E-state index contributed by atoms with van der Waals surface area (Å²) >= 11 is 0. The van der Waals surface area contributed by atoms with Crippen molar-refractivity contribution in [1.29, 1.82) is 0 Å². The molecule has 0 aliphatic carbocycles. The smallest absolute Gasteiger partial charge is 0.338 e. The molecule has 1 aliphatic heterocycles. The molecule has 2 rings (SSSR count). The second kappa shape index (κ2) is 5.48. The summed E-state index contributed by atoms with van der Waals surface area (Å²) in [6, 6.07) is 8.52. The minimum Gasteiger partial charge on any atom is -0.456 e. The lowest BCUT2D eigenvalue weighted by atomic mass is 10.0. The number of carbonyl (C=O) groups is 1. The Bertz CT molecular complexity index is 405. The van der Waals surface area contributed by atoms with Crippen molar-refractivity contribution in [2.75, 3.05) is 0 Å². The van der Waals surface area contributed by atoms with Crippen molar-refractivity contribution in [1.82, 2.24) is 0 Å². The van der Waals surface area contributed by atoms with Crippen LogP contribution in [0, 0.1) is 0 Å². The first-order chi connectivity index (χ1) is 8.58. The van der Waals surface area contributed by atoms with Crippen molar-refractivity contribution >= 4 is 5.97 Å². The van der Waals surface area contributed by atoms with Gasteiger partial charge in [-0.1, -0.05) is 18.2 Å². The Morgan fingerprint density at radius 2 is 2.00 bits per heavy atom. The Kier molecular flexibility index (Phi) is 3.96. The molecular weight excluding hydrogens is 236 g/mol. The van der Waals surface area contributed by atoms with Gasteiger partial charge in [0, 0.05) is 6.42 Å². The number of benzene rings is 1. The number of ether oxygens (including phenoxy) is 2. The molecule has 0 unspecified atom stereocenters. The van der Waals surface area contributed by atoms with E-state index in [1.54, 1.807) is 37.3 Å². The van der Waals surface area contributed by atoms with Crippen molar-refractivity contribution in [2.45, 2.75) is 37.9 Å². The van der Waals surface area contributed by atoms with E-state index in [-0.39, 0.29) is 6.42 Å². The van der Waals surface area contributed by atoms with Gasteiger partial charge in [-0.15, -0.1) is 0 Å². The first-order valence-electron chi connectivity index (χ1n) is 5.85. The van der Waals surface area contributed by atoms with Gasteiger partial charge in [-0.25, -0.2) is 4.79 Å².